The van der Waals surface area contributed by atoms with Gasteiger partial charge in [-0.2, -0.15) is 0 Å². The summed E-state index contributed by atoms with van der Waals surface area (Å²) in [5.41, 5.74) is 11.7. The molecular weight excluding hydrogens is 793 g/mol. The van der Waals surface area contributed by atoms with Crippen molar-refractivity contribution in [2.24, 2.45) is 0 Å². The zero-order chi connectivity index (χ0) is 43.2. The molecule has 326 valence electrons. The van der Waals surface area contributed by atoms with E-state index in [2.05, 4.69) is 138 Å². The van der Waals surface area contributed by atoms with E-state index in [-0.39, 0.29) is 0 Å². The van der Waals surface area contributed by atoms with E-state index in [4.69, 9.17) is 19.4 Å². The van der Waals surface area contributed by atoms with Crippen molar-refractivity contribution in [2.45, 2.75) is 90.1 Å². The smallest absolute Gasteiger partial charge is 0.119 e. The molecule has 8 bridgehead atoms. The molecule has 0 amide bonds. The highest BCUT2D eigenvalue weighted by Crippen LogP contribution is 2.34. The van der Waals surface area contributed by atoms with Crippen molar-refractivity contribution in [2.75, 3.05) is 13.2 Å². The van der Waals surface area contributed by atoms with Crippen LogP contribution in [-0.4, -0.2) is 52.3 Å². The van der Waals surface area contributed by atoms with Gasteiger partial charge in [0, 0.05) is 71.1 Å². The Bertz CT molecular complexity index is 2590. The molecule has 0 spiro atoms. The maximum atomic E-state index is 6.18. The number of benzene rings is 2. The van der Waals surface area contributed by atoms with E-state index in [0.717, 1.165) is 118 Å². The van der Waals surface area contributed by atoms with E-state index in [9.17, 15) is 0 Å². The third kappa shape index (κ3) is 11.4. The molecule has 0 saturated heterocycles. The fourth-order valence-corrected chi connectivity index (χ4v) is 8.54. The molecule has 0 unspecified atom stereocenters. The van der Waals surface area contributed by atoms with E-state index >= 15 is 0 Å². The molecule has 10 nitrogen and oxygen atoms in total. The van der Waals surface area contributed by atoms with E-state index in [0.29, 0.717) is 0 Å². The largest absolute Gasteiger partial charge is 0.494 e. The summed E-state index contributed by atoms with van der Waals surface area (Å²) in [6, 6.07) is 29.5. The van der Waals surface area contributed by atoms with Crippen LogP contribution in [0.5, 0.6) is 11.5 Å². The number of hydrogen-bond donors (Lipinski definition) is 2. The van der Waals surface area contributed by atoms with Gasteiger partial charge in [0.1, 0.15) is 11.5 Å². The molecule has 0 saturated carbocycles. The number of nitrogens with one attached hydrogen (secondary N) is 2. The molecule has 10 heteroatoms. The standard InChI is InChI=1S/C54H58N8O2/c1(5-9-31-61-33-29-55-39-61)3-7-11-35-63-47-21-13-41(14-22-47)53-49-25-17-43(57-49)37-45-19-27-51(59-45)54(52-28-20-46(60-52)38-44-18-26-50(53)58-44)42-15-23-48(24-16-42)64-36-12-8-4-2-6-10-32-62-34-30-56-40-62/h13-30,33-34,37-40,57,60H,1-12,31-32,35-36H2. The van der Waals surface area contributed by atoms with Gasteiger partial charge in [-0.1, -0.05) is 75.6 Å². The number of aryl methyl sites for hydroxylation is 2. The average molecular weight is 851 g/mol. The summed E-state index contributed by atoms with van der Waals surface area (Å²) in [6.07, 6.45) is 34.3. The zero-order valence-corrected chi connectivity index (χ0v) is 36.7. The molecule has 0 radical (unpaired) electrons. The minimum absolute atomic E-state index is 0.721. The van der Waals surface area contributed by atoms with Crippen LogP contribution in [0.1, 0.15) is 99.8 Å². The van der Waals surface area contributed by atoms with Crippen LogP contribution >= 0.6 is 0 Å². The van der Waals surface area contributed by atoms with Crippen LogP contribution in [0.2, 0.25) is 0 Å². The molecule has 7 aromatic rings. The molecule has 0 aliphatic carbocycles. The van der Waals surface area contributed by atoms with Crippen molar-refractivity contribution in [1.82, 2.24) is 39.0 Å². The highest BCUT2D eigenvalue weighted by molar-refractivity contribution is 5.93. The first-order valence-corrected chi connectivity index (χ1v) is 23.2. The number of unbranched alkanes of at least 4 members (excludes halogenated alkanes) is 10. The molecular formula is C54H58N8O2. The van der Waals surface area contributed by atoms with Crippen molar-refractivity contribution >= 4 is 46.4 Å². The third-order valence-corrected chi connectivity index (χ3v) is 12.0. The van der Waals surface area contributed by atoms with E-state index in [1.54, 1.807) is 0 Å². The number of ether oxygens (including phenoxy) is 2. The Kier molecular flexibility index (Phi) is 14.2. The molecule has 2 aromatic carbocycles. The summed E-state index contributed by atoms with van der Waals surface area (Å²) in [5, 5.41) is 0. The van der Waals surface area contributed by atoms with E-state index < -0.39 is 0 Å². The van der Waals surface area contributed by atoms with Gasteiger partial charge in [0.25, 0.3) is 0 Å². The summed E-state index contributed by atoms with van der Waals surface area (Å²) in [7, 11) is 0. The Morgan fingerprint density at radius 2 is 0.859 bits per heavy atom. The minimum Gasteiger partial charge on any atom is -0.494 e. The van der Waals surface area contributed by atoms with Crippen molar-refractivity contribution < 1.29 is 9.47 Å². The van der Waals surface area contributed by atoms with Crippen LogP contribution in [0.4, 0.5) is 0 Å². The Morgan fingerprint density at radius 3 is 1.28 bits per heavy atom. The van der Waals surface area contributed by atoms with E-state index in [1.165, 1.54) is 64.2 Å². The number of hydrogen-bond acceptors (Lipinski definition) is 6. The van der Waals surface area contributed by atoms with Gasteiger partial charge in [-0.05, 0) is 122 Å². The van der Waals surface area contributed by atoms with Gasteiger partial charge in [-0.3, -0.25) is 0 Å². The maximum absolute atomic E-state index is 6.18. The first-order valence-electron chi connectivity index (χ1n) is 23.2. The van der Waals surface area contributed by atoms with Crippen LogP contribution < -0.4 is 9.47 Å². The first-order chi connectivity index (χ1) is 31.7. The van der Waals surface area contributed by atoms with Crippen LogP contribution in [-0.2, 0) is 13.1 Å². The number of aromatic nitrogens is 8. The van der Waals surface area contributed by atoms with Gasteiger partial charge >= 0.3 is 0 Å². The highest BCUT2D eigenvalue weighted by atomic mass is 16.5. The Morgan fingerprint density at radius 1 is 0.438 bits per heavy atom. The maximum Gasteiger partial charge on any atom is 0.119 e. The van der Waals surface area contributed by atoms with Crippen LogP contribution in [0, 0.1) is 0 Å². The Balaban J connectivity index is 0.864. The van der Waals surface area contributed by atoms with Crippen LogP contribution in [0.3, 0.4) is 0 Å². The van der Waals surface area contributed by atoms with Gasteiger partial charge in [0.15, 0.2) is 0 Å². The second kappa shape index (κ2) is 21.4. The molecule has 0 atom stereocenters. The number of rotatable bonds is 22. The summed E-state index contributed by atoms with van der Waals surface area (Å²) in [4.78, 5) is 25.9. The van der Waals surface area contributed by atoms with E-state index in [1.807, 2.05) is 37.4 Å². The van der Waals surface area contributed by atoms with Crippen molar-refractivity contribution in [3.63, 3.8) is 0 Å². The number of H-pyrrole nitrogens is 2. The van der Waals surface area contributed by atoms with Gasteiger partial charge in [0.05, 0.1) is 48.6 Å². The fraction of sp³-hybridized carbons (Fsp3) is 0.296. The lowest BCUT2D eigenvalue weighted by Crippen LogP contribution is -1.97. The topological polar surface area (TPSA) is 111 Å². The molecule has 9 rings (SSSR count). The van der Waals surface area contributed by atoms with Crippen molar-refractivity contribution in [1.29, 1.82) is 0 Å². The Hall–Kier alpha value is -6.94. The SMILES string of the molecule is C1=Cc2nc1cc1ccc([nH]1)c(-c1ccc(OCCCCCCCCn3ccnc3)cc1)c1nc(cc3ccc([nH]3)c2-c2ccc(OCCCCCCCCn3ccnc3)cc2)C=C1. The summed E-state index contributed by atoms with van der Waals surface area (Å²) in [6.45, 7) is 3.54. The first kappa shape index (κ1) is 42.4. The lowest BCUT2D eigenvalue weighted by molar-refractivity contribution is 0.304. The van der Waals surface area contributed by atoms with Gasteiger partial charge in [-0.25, -0.2) is 19.9 Å². The predicted octanol–water partition coefficient (Wildman–Crippen LogP) is 13.2. The number of imidazole rings is 2. The summed E-state index contributed by atoms with van der Waals surface area (Å²) >= 11 is 0. The zero-order valence-electron chi connectivity index (χ0n) is 36.7. The quantitative estimate of drug-likeness (QED) is 0.0657. The van der Waals surface area contributed by atoms with Gasteiger partial charge in [0.2, 0.25) is 0 Å². The molecule has 2 aliphatic rings. The normalized spacial score (nSPS) is 12.0. The van der Waals surface area contributed by atoms with Crippen molar-refractivity contribution in [3.05, 3.63) is 145 Å². The molecule has 5 aromatic heterocycles. The second-order valence-electron chi connectivity index (χ2n) is 16.8. The fourth-order valence-electron chi connectivity index (χ4n) is 8.54. The molecule has 0 fully saturated rings. The average Bonchev–Trinajstić information content (AvgIpc) is 4.18. The second-order valence-corrected chi connectivity index (χ2v) is 16.8. The Labute approximate surface area is 375 Å². The van der Waals surface area contributed by atoms with Gasteiger partial charge < -0.3 is 28.6 Å². The monoisotopic (exact) mass is 850 g/mol. The minimum atomic E-state index is 0.721. The van der Waals surface area contributed by atoms with Gasteiger partial charge in [-0.15, -0.1) is 0 Å². The van der Waals surface area contributed by atoms with Crippen LogP contribution in [0.15, 0.2) is 122 Å². The molecule has 7 heterocycles. The number of fused-ring (bicyclic) bond motifs is 8. The molecule has 64 heavy (non-hydrogen) atoms. The lowest BCUT2D eigenvalue weighted by Gasteiger charge is -2.09. The molecule has 2 aliphatic heterocycles. The highest BCUT2D eigenvalue weighted by Gasteiger charge is 2.14. The molecule has 2 N–H and O–H groups in total. The lowest BCUT2D eigenvalue weighted by atomic mass is 10.0. The number of aromatic amines is 2. The summed E-state index contributed by atoms with van der Waals surface area (Å²) in [5.74, 6) is 1.77. The third-order valence-electron chi connectivity index (χ3n) is 12.0. The summed E-state index contributed by atoms with van der Waals surface area (Å²) < 4.78 is 16.7. The van der Waals surface area contributed by atoms with Crippen molar-refractivity contribution in [3.8, 4) is 33.8 Å². The number of nitrogens with zero attached hydrogens (tertiary/aromatic N) is 6. The van der Waals surface area contributed by atoms with Crippen LogP contribution in [0.25, 0.3) is 68.6 Å². The predicted molar refractivity (Wildman–Crippen MR) is 261 cm³/mol.